The second-order valence-corrected chi connectivity index (χ2v) is 14.9. The topological polar surface area (TPSA) is 23.0 Å². The number of hydrogen-bond donors (Lipinski definition) is 0. The molecule has 0 atom stereocenters. The molecule has 0 amide bonds. The molecule has 0 aliphatic carbocycles. The SMILES string of the molecule is c1ccc(-n2c3ccccc3c3ccc(-c4cc(-c5ccc6c7ccccc7n(-c7ccccc7)c6c5)cc(-c5cccc6c5oc5ccccc56)c4)cc32)cc1. The summed E-state index contributed by atoms with van der Waals surface area (Å²) in [4.78, 5) is 0. The summed E-state index contributed by atoms with van der Waals surface area (Å²) in [5, 5.41) is 7.22. The lowest BCUT2D eigenvalue weighted by Gasteiger charge is -2.14. The van der Waals surface area contributed by atoms with Crippen molar-refractivity contribution in [2.24, 2.45) is 0 Å². The maximum atomic E-state index is 6.63. The largest absolute Gasteiger partial charge is 0.455 e. The number of hydrogen-bond acceptors (Lipinski definition) is 1. The molecule has 0 N–H and O–H groups in total. The van der Waals surface area contributed by atoms with Crippen molar-refractivity contribution in [2.45, 2.75) is 0 Å². The number of rotatable bonds is 5. The van der Waals surface area contributed by atoms with E-state index in [1.54, 1.807) is 0 Å². The second kappa shape index (κ2) is 12.5. The average Bonchev–Trinajstić information content (AvgIpc) is 3.94. The van der Waals surface area contributed by atoms with Crippen LogP contribution in [-0.4, -0.2) is 9.13 Å². The summed E-state index contributed by atoms with van der Waals surface area (Å²) in [5.41, 5.74) is 15.6. The van der Waals surface area contributed by atoms with Crippen molar-refractivity contribution in [3.05, 3.63) is 206 Å². The van der Waals surface area contributed by atoms with Gasteiger partial charge in [0.2, 0.25) is 0 Å². The Kier molecular flexibility index (Phi) is 6.93. The van der Waals surface area contributed by atoms with Crippen LogP contribution >= 0.6 is 0 Å². The lowest BCUT2D eigenvalue weighted by Crippen LogP contribution is -1.94. The third-order valence-corrected chi connectivity index (χ3v) is 11.7. The highest BCUT2D eigenvalue weighted by Crippen LogP contribution is 2.42. The molecule has 12 rings (SSSR count). The average molecular weight is 727 g/mol. The predicted octanol–water partition coefficient (Wildman–Crippen LogP) is 14.8. The van der Waals surface area contributed by atoms with Gasteiger partial charge in [-0.25, -0.2) is 0 Å². The van der Waals surface area contributed by atoms with Crippen LogP contribution in [0.5, 0.6) is 0 Å². The van der Waals surface area contributed by atoms with Gasteiger partial charge < -0.3 is 13.6 Å². The molecule has 3 heteroatoms. The Morgan fingerprint density at radius 2 is 0.737 bits per heavy atom. The standard InChI is InChI=1S/C54H34N2O/c1-3-14-40(15-4-1)55-49-23-10-7-18-43(49)45-28-26-35(33-51(45)55)37-30-38(32-39(31-37)42-21-13-22-48-47-20-9-12-25-53(47)57-54(42)48)36-27-29-46-44-19-8-11-24-50(44)56(52(46)34-36)41-16-5-2-6-17-41/h1-34H. The van der Waals surface area contributed by atoms with Crippen molar-refractivity contribution in [1.82, 2.24) is 9.13 Å². The maximum absolute atomic E-state index is 6.63. The Labute approximate surface area is 328 Å². The summed E-state index contributed by atoms with van der Waals surface area (Å²) in [5.74, 6) is 0. The van der Waals surface area contributed by atoms with Crippen molar-refractivity contribution in [3.63, 3.8) is 0 Å². The summed E-state index contributed by atoms with van der Waals surface area (Å²) in [6, 6.07) is 74.6. The van der Waals surface area contributed by atoms with E-state index in [1.165, 1.54) is 43.6 Å². The first-order valence-corrected chi connectivity index (χ1v) is 19.5. The fourth-order valence-corrected chi connectivity index (χ4v) is 9.10. The van der Waals surface area contributed by atoms with E-state index < -0.39 is 0 Å². The minimum Gasteiger partial charge on any atom is -0.455 e. The van der Waals surface area contributed by atoms with E-state index in [0.29, 0.717) is 0 Å². The third kappa shape index (κ3) is 4.92. The van der Waals surface area contributed by atoms with Crippen LogP contribution in [0.2, 0.25) is 0 Å². The molecule has 12 aromatic rings. The first-order valence-electron chi connectivity index (χ1n) is 19.5. The van der Waals surface area contributed by atoms with Crippen molar-refractivity contribution >= 4 is 65.6 Å². The smallest absolute Gasteiger partial charge is 0.143 e. The normalized spacial score (nSPS) is 11.9. The van der Waals surface area contributed by atoms with E-state index in [4.69, 9.17) is 4.42 Å². The number of para-hydroxylation sites is 6. The monoisotopic (exact) mass is 726 g/mol. The van der Waals surface area contributed by atoms with Gasteiger partial charge in [-0.05, 0) is 101 Å². The van der Waals surface area contributed by atoms with E-state index in [1.807, 2.05) is 6.07 Å². The van der Waals surface area contributed by atoms with Crippen LogP contribution in [0, 0.1) is 0 Å². The van der Waals surface area contributed by atoms with Crippen LogP contribution in [-0.2, 0) is 0 Å². The second-order valence-electron chi connectivity index (χ2n) is 14.9. The minimum atomic E-state index is 0.898. The molecule has 0 aliphatic heterocycles. The van der Waals surface area contributed by atoms with Gasteiger partial charge in [-0.1, -0.05) is 133 Å². The van der Waals surface area contributed by atoms with Gasteiger partial charge in [-0.3, -0.25) is 0 Å². The summed E-state index contributed by atoms with van der Waals surface area (Å²) in [6.45, 7) is 0. The molecular weight excluding hydrogens is 693 g/mol. The maximum Gasteiger partial charge on any atom is 0.143 e. The Bertz CT molecular complexity index is 3340. The summed E-state index contributed by atoms with van der Waals surface area (Å²) in [7, 11) is 0. The highest BCUT2D eigenvalue weighted by molar-refractivity contribution is 6.13. The quantitative estimate of drug-likeness (QED) is 0.173. The van der Waals surface area contributed by atoms with Crippen LogP contribution in [0.1, 0.15) is 0 Å². The number of benzene rings is 9. The Morgan fingerprint density at radius 1 is 0.281 bits per heavy atom. The zero-order chi connectivity index (χ0) is 37.5. The molecule has 266 valence electrons. The zero-order valence-electron chi connectivity index (χ0n) is 30.9. The van der Waals surface area contributed by atoms with Gasteiger partial charge >= 0.3 is 0 Å². The predicted molar refractivity (Wildman–Crippen MR) is 239 cm³/mol. The summed E-state index contributed by atoms with van der Waals surface area (Å²) in [6.07, 6.45) is 0. The van der Waals surface area contributed by atoms with Gasteiger partial charge in [0.25, 0.3) is 0 Å². The van der Waals surface area contributed by atoms with Crippen LogP contribution in [0.3, 0.4) is 0 Å². The molecule has 0 unspecified atom stereocenters. The van der Waals surface area contributed by atoms with E-state index in [2.05, 4.69) is 209 Å². The van der Waals surface area contributed by atoms with Crippen LogP contribution in [0.25, 0.3) is 110 Å². The van der Waals surface area contributed by atoms with Gasteiger partial charge in [0.1, 0.15) is 11.2 Å². The molecule has 0 radical (unpaired) electrons. The first-order chi connectivity index (χ1) is 28.3. The van der Waals surface area contributed by atoms with Crippen LogP contribution < -0.4 is 0 Å². The lowest BCUT2D eigenvalue weighted by atomic mass is 9.92. The molecule has 3 nitrogen and oxygen atoms in total. The molecular formula is C54H34N2O. The summed E-state index contributed by atoms with van der Waals surface area (Å²) >= 11 is 0. The van der Waals surface area contributed by atoms with Crippen LogP contribution in [0.15, 0.2) is 211 Å². The molecule has 0 bridgehead atoms. The van der Waals surface area contributed by atoms with Gasteiger partial charge in [0.15, 0.2) is 0 Å². The Morgan fingerprint density at radius 3 is 1.32 bits per heavy atom. The summed E-state index contributed by atoms with van der Waals surface area (Å²) < 4.78 is 11.4. The number of fused-ring (bicyclic) bond motifs is 9. The van der Waals surface area contributed by atoms with Crippen molar-refractivity contribution in [3.8, 4) is 44.8 Å². The Balaban J connectivity index is 1.12. The number of furan rings is 1. The van der Waals surface area contributed by atoms with E-state index in [-0.39, 0.29) is 0 Å². The highest BCUT2D eigenvalue weighted by Gasteiger charge is 2.18. The fraction of sp³-hybridized carbons (Fsp3) is 0. The molecule has 0 spiro atoms. The van der Waals surface area contributed by atoms with E-state index in [0.717, 1.165) is 66.7 Å². The number of nitrogens with zero attached hydrogens (tertiary/aromatic N) is 2. The molecule has 0 saturated carbocycles. The highest BCUT2D eigenvalue weighted by atomic mass is 16.3. The lowest BCUT2D eigenvalue weighted by molar-refractivity contribution is 0.670. The molecule has 9 aromatic carbocycles. The fourth-order valence-electron chi connectivity index (χ4n) is 9.10. The molecule has 57 heavy (non-hydrogen) atoms. The van der Waals surface area contributed by atoms with Gasteiger partial charge in [0, 0.05) is 49.3 Å². The Hall–Kier alpha value is -7.62. The minimum absolute atomic E-state index is 0.898. The van der Waals surface area contributed by atoms with Crippen LogP contribution in [0.4, 0.5) is 0 Å². The molecule has 3 heterocycles. The van der Waals surface area contributed by atoms with Crippen molar-refractivity contribution in [1.29, 1.82) is 0 Å². The van der Waals surface area contributed by atoms with Gasteiger partial charge in [-0.2, -0.15) is 0 Å². The van der Waals surface area contributed by atoms with E-state index >= 15 is 0 Å². The molecule has 0 aliphatic rings. The van der Waals surface area contributed by atoms with Gasteiger partial charge in [0.05, 0.1) is 22.1 Å². The first kappa shape index (κ1) is 31.7. The zero-order valence-corrected chi connectivity index (χ0v) is 30.9. The molecule has 0 fully saturated rings. The molecule has 3 aromatic heterocycles. The number of aromatic nitrogens is 2. The third-order valence-electron chi connectivity index (χ3n) is 11.7. The van der Waals surface area contributed by atoms with E-state index in [9.17, 15) is 0 Å². The molecule has 0 saturated heterocycles. The van der Waals surface area contributed by atoms with Crippen molar-refractivity contribution in [2.75, 3.05) is 0 Å². The van der Waals surface area contributed by atoms with Crippen molar-refractivity contribution < 1.29 is 4.42 Å². The van der Waals surface area contributed by atoms with Gasteiger partial charge in [-0.15, -0.1) is 0 Å².